The first-order valence-electron chi connectivity index (χ1n) is 11.6. The number of ether oxygens (including phenoxy) is 1. The second kappa shape index (κ2) is 10.4. The van der Waals surface area contributed by atoms with Crippen LogP contribution in [0.3, 0.4) is 0 Å². The first-order chi connectivity index (χ1) is 17.9. The van der Waals surface area contributed by atoms with Gasteiger partial charge in [-0.15, -0.1) is 0 Å². The van der Waals surface area contributed by atoms with E-state index < -0.39 is 10.8 Å². The average Bonchev–Trinajstić information content (AvgIpc) is 3.02. The second-order valence-electron chi connectivity index (χ2n) is 8.50. The van der Waals surface area contributed by atoms with Crippen molar-refractivity contribution in [3.05, 3.63) is 119 Å². The third-order valence-corrected chi connectivity index (χ3v) is 7.64. The summed E-state index contributed by atoms with van der Waals surface area (Å²) in [6.45, 7) is 0.421. The Morgan fingerprint density at radius 1 is 0.919 bits per heavy atom. The van der Waals surface area contributed by atoms with Crippen LogP contribution < -0.4 is 15.0 Å². The Morgan fingerprint density at radius 3 is 2.35 bits per heavy atom. The molecule has 0 spiro atoms. The molecule has 4 aromatic carbocycles. The van der Waals surface area contributed by atoms with Gasteiger partial charge in [0.1, 0.15) is 11.6 Å². The van der Waals surface area contributed by atoms with E-state index in [2.05, 4.69) is 5.32 Å². The molecule has 37 heavy (non-hydrogen) atoms. The van der Waals surface area contributed by atoms with Gasteiger partial charge in [0.15, 0.2) is 0 Å². The maximum absolute atomic E-state index is 13.7. The van der Waals surface area contributed by atoms with Crippen LogP contribution in [-0.4, -0.2) is 23.1 Å². The normalized spacial score (nSPS) is 14.4. The topological polar surface area (TPSA) is 75.7 Å². The molecule has 2 amide bonds. The number of fused-ring (bicyclic) bond motifs is 2. The number of methoxy groups -OCH3 is 1. The predicted molar refractivity (Wildman–Crippen MR) is 139 cm³/mol. The largest absolute Gasteiger partial charge is 0.497 e. The van der Waals surface area contributed by atoms with Crippen LogP contribution in [0.25, 0.3) is 0 Å². The summed E-state index contributed by atoms with van der Waals surface area (Å²) in [6, 6.07) is 24.8. The minimum Gasteiger partial charge on any atom is -0.497 e. The number of carbonyl (C=O) groups excluding carboxylic acids is 2. The summed E-state index contributed by atoms with van der Waals surface area (Å²) in [5.74, 6) is -0.336. The van der Waals surface area contributed by atoms with Crippen LogP contribution in [-0.2, 0) is 23.9 Å². The van der Waals surface area contributed by atoms with Gasteiger partial charge >= 0.3 is 0 Å². The Hall–Kier alpha value is -4.30. The number of hydrogen-bond donors (Lipinski definition) is 1. The van der Waals surface area contributed by atoms with E-state index >= 15 is 0 Å². The number of carbonyl (C=O) groups is 2. The number of benzene rings is 4. The van der Waals surface area contributed by atoms with Crippen molar-refractivity contribution in [3.63, 3.8) is 0 Å². The molecule has 0 bridgehead atoms. The molecule has 4 aromatic rings. The lowest BCUT2D eigenvalue weighted by atomic mass is 10.1. The van der Waals surface area contributed by atoms with Gasteiger partial charge in [-0.25, -0.2) is 8.60 Å². The van der Waals surface area contributed by atoms with E-state index in [1.165, 1.54) is 17.0 Å². The zero-order valence-electron chi connectivity index (χ0n) is 19.9. The predicted octanol–water partition coefficient (Wildman–Crippen LogP) is 5.09. The highest BCUT2D eigenvalue weighted by Gasteiger charge is 2.31. The first kappa shape index (κ1) is 24.4. The summed E-state index contributed by atoms with van der Waals surface area (Å²) in [7, 11) is -0.0467. The zero-order valence-corrected chi connectivity index (χ0v) is 20.8. The third kappa shape index (κ3) is 5.01. The van der Waals surface area contributed by atoms with E-state index in [0.717, 1.165) is 11.3 Å². The Balaban J connectivity index is 1.49. The van der Waals surface area contributed by atoms with Crippen LogP contribution in [0.1, 0.15) is 31.8 Å². The van der Waals surface area contributed by atoms with Gasteiger partial charge in [-0.3, -0.25) is 9.59 Å². The molecule has 1 aliphatic rings. The van der Waals surface area contributed by atoms with E-state index in [4.69, 9.17) is 4.74 Å². The van der Waals surface area contributed by atoms with Gasteiger partial charge in [0.25, 0.3) is 11.8 Å². The molecule has 0 radical (unpaired) electrons. The number of hydrogen-bond acceptors (Lipinski definition) is 4. The maximum atomic E-state index is 13.7. The number of anilines is 1. The molecule has 1 atom stereocenters. The van der Waals surface area contributed by atoms with Crippen molar-refractivity contribution in [3.8, 4) is 5.75 Å². The number of rotatable bonds is 6. The molecule has 1 aliphatic heterocycles. The van der Waals surface area contributed by atoms with Crippen molar-refractivity contribution in [1.29, 1.82) is 0 Å². The third-order valence-electron chi connectivity index (χ3n) is 6.14. The standard InChI is InChI=1S/C29H23FN2O4S/c1-36-23-13-8-19(9-14-23)17-31-28(33)21-10-15-27-25(16-21)32(18-20-6-11-22(30)12-7-20)29(34)24-4-2-3-5-26(24)37(27)35/h2-16H,17-18H2,1H3,(H,31,33)/t37-/m1/s1. The molecule has 1 N–H and O–H groups in total. The van der Waals surface area contributed by atoms with Gasteiger partial charge in [-0.2, -0.15) is 0 Å². The molecule has 6 nitrogen and oxygen atoms in total. The van der Waals surface area contributed by atoms with Crippen molar-refractivity contribution >= 4 is 28.3 Å². The minimum absolute atomic E-state index is 0.120. The fourth-order valence-electron chi connectivity index (χ4n) is 4.16. The first-order valence-corrected chi connectivity index (χ1v) is 12.7. The monoisotopic (exact) mass is 514 g/mol. The Morgan fingerprint density at radius 2 is 1.62 bits per heavy atom. The summed E-state index contributed by atoms with van der Waals surface area (Å²) in [5.41, 5.74) is 2.62. The minimum atomic E-state index is -1.63. The van der Waals surface area contributed by atoms with Crippen LogP contribution >= 0.6 is 0 Å². The fraction of sp³-hybridized carbons (Fsp3) is 0.103. The van der Waals surface area contributed by atoms with E-state index in [0.29, 0.717) is 38.7 Å². The van der Waals surface area contributed by atoms with Gasteiger partial charge < -0.3 is 15.0 Å². The molecule has 0 saturated carbocycles. The van der Waals surface area contributed by atoms with Crippen molar-refractivity contribution in [2.45, 2.75) is 22.9 Å². The molecule has 0 fully saturated rings. The highest BCUT2D eigenvalue weighted by atomic mass is 32.2. The molecule has 0 aromatic heterocycles. The quantitative estimate of drug-likeness (QED) is 0.389. The SMILES string of the molecule is COc1ccc(CNC(=O)c2ccc3c(c2)N(Cc2ccc(F)cc2)C(=O)c2ccccc2[S@]3=O)cc1. The molecule has 0 saturated heterocycles. The number of nitrogens with zero attached hydrogens (tertiary/aromatic N) is 1. The lowest BCUT2D eigenvalue weighted by molar-refractivity contribution is 0.0947. The molecule has 0 unspecified atom stereocenters. The van der Waals surface area contributed by atoms with Crippen molar-refractivity contribution in [2.75, 3.05) is 12.0 Å². The lowest BCUT2D eigenvalue weighted by Gasteiger charge is -2.23. The molecular formula is C29H23FN2O4S. The Labute approximate surface area is 216 Å². The number of nitrogens with one attached hydrogen (secondary N) is 1. The zero-order chi connectivity index (χ0) is 25.9. The van der Waals surface area contributed by atoms with Crippen LogP contribution in [0.4, 0.5) is 10.1 Å². The molecule has 8 heteroatoms. The average molecular weight is 515 g/mol. The van der Waals surface area contributed by atoms with Gasteiger partial charge in [-0.1, -0.05) is 36.4 Å². The van der Waals surface area contributed by atoms with E-state index in [9.17, 15) is 18.2 Å². The summed E-state index contributed by atoms with van der Waals surface area (Å²) in [6.07, 6.45) is 0. The highest BCUT2D eigenvalue weighted by molar-refractivity contribution is 7.85. The van der Waals surface area contributed by atoms with Crippen molar-refractivity contribution in [1.82, 2.24) is 5.32 Å². The lowest BCUT2D eigenvalue weighted by Crippen LogP contribution is -2.31. The molecule has 5 rings (SSSR count). The molecular weight excluding hydrogens is 491 g/mol. The molecule has 1 heterocycles. The van der Waals surface area contributed by atoms with E-state index in [-0.39, 0.29) is 24.2 Å². The van der Waals surface area contributed by atoms with Crippen LogP contribution in [0.15, 0.2) is 101 Å². The highest BCUT2D eigenvalue weighted by Crippen LogP contribution is 2.36. The number of amides is 2. The summed E-state index contributed by atoms with van der Waals surface area (Å²) >= 11 is 0. The van der Waals surface area contributed by atoms with E-state index in [1.54, 1.807) is 61.7 Å². The fourth-order valence-corrected chi connectivity index (χ4v) is 5.51. The number of halogens is 1. The smallest absolute Gasteiger partial charge is 0.259 e. The van der Waals surface area contributed by atoms with Crippen LogP contribution in [0.5, 0.6) is 5.75 Å². The summed E-state index contributed by atoms with van der Waals surface area (Å²) in [4.78, 5) is 29.0. The second-order valence-corrected chi connectivity index (χ2v) is 9.91. The van der Waals surface area contributed by atoms with Gasteiger partial charge in [0, 0.05) is 12.1 Å². The van der Waals surface area contributed by atoms with Crippen molar-refractivity contribution in [2.24, 2.45) is 0 Å². The Kier molecular flexibility index (Phi) is 6.83. The van der Waals surface area contributed by atoms with Gasteiger partial charge in [-0.05, 0) is 65.7 Å². The van der Waals surface area contributed by atoms with E-state index in [1.807, 2.05) is 24.3 Å². The van der Waals surface area contributed by atoms with Gasteiger partial charge in [0.05, 0.1) is 45.5 Å². The summed E-state index contributed by atoms with van der Waals surface area (Å²) in [5, 5.41) is 2.88. The molecule has 186 valence electrons. The van der Waals surface area contributed by atoms with Crippen molar-refractivity contribution < 1.29 is 22.9 Å². The van der Waals surface area contributed by atoms with Crippen LogP contribution in [0, 0.1) is 5.82 Å². The maximum Gasteiger partial charge on any atom is 0.259 e. The van der Waals surface area contributed by atoms with Crippen LogP contribution in [0.2, 0.25) is 0 Å². The van der Waals surface area contributed by atoms with Gasteiger partial charge in [0.2, 0.25) is 0 Å². The summed E-state index contributed by atoms with van der Waals surface area (Å²) < 4.78 is 32.2. The molecule has 0 aliphatic carbocycles. The Bertz CT molecular complexity index is 1500.